The van der Waals surface area contributed by atoms with Crippen LogP contribution in [0.25, 0.3) is 0 Å². The fourth-order valence-corrected chi connectivity index (χ4v) is 3.70. The summed E-state index contributed by atoms with van der Waals surface area (Å²) in [6.45, 7) is 2.43. The number of hydrogen-bond donors (Lipinski definition) is 1. The van der Waals surface area contributed by atoms with Crippen molar-refractivity contribution in [3.8, 4) is 0 Å². The van der Waals surface area contributed by atoms with Crippen molar-refractivity contribution in [2.75, 3.05) is 13.2 Å². The quantitative estimate of drug-likeness (QED) is 0.130. The third kappa shape index (κ3) is 17.4. The number of nitrogens with one attached hydrogen (secondary N) is 1. The van der Waals surface area contributed by atoms with Crippen LogP contribution in [0, 0.1) is 0 Å². The molecule has 0 aliphatic heterocycles. The maximum atomic E-state index is 12.0. The predicted octanol–water partition coefficient (Wildman–Crippen LogP) is 2.36. The number of esters is 1. The molecule has 190 valence electrons. The van der Waals surface area contributed by atoms with Crippen LogP contribution in [0.2, 0.25) is 0 Å². The summed E-state index contributed by atoms with van der Waals surface area (Å²) in [5, 5.41) is 13.8. The van der Waals surface area contributed by atoms with Crippen LogP contribution < -0.4 is 40.0 Å². The summed E-state index contributed by atoms with van der Waals surface area (Å²) in [6.07, 6.45) is 20.9. The fraction of sp³-hybridized carbons (Fsp3) is 0.607. The minimum atomic E-state index is -1.43. The molecule has 1 aromatic rings. The molecular formula is C28H42NNaO5. The summed E-state index contributed by atoms with van der Waals surface area (Å²) in [5.74, 6) is -2.24. The number of hydrogen-bond acceptors (Lipinski definition) is 5. The van der Waals surface area contributed by atoms with Crippen LogP contribution in [-0.4, -0.2) is 31.0 Å². The standard InChI is InChI=1S/C28H43NO5.Na/c1-2-3-4-5-6-7-8-9-10-11-12-13-14-15-16-21-26(30)29-22-23-34-28(33)25-20-18-17-19-24(25)27(31)32;/h9-10,17-20H,2-8,11-16,21-23H2,1H3,(H,29,30)(H,31,32);/q;+1/p-1. The van der Waals surface area contributed by atoms with Gasteiger partial charge >= 0.3 is 35.5 Å². The van der Waals surface area contributed by atoms with Gasteiger partial charge in [-0.3, -0.25) is 4.79 Å². The summed E-state index contributed by atoms with van der Waals surface area (Å²) in [4.78, 5) is 34.9. The number of carbonyl (C=O) groups excluding carboxylic acids is 3. The van der Waals surface area contributed by atoms with Crippen molar-refractivity contribution in [3.63, 3.8) is 0 Å². The molecule has 1 N–H and O–H groups in total. The van der Waals surface area contributed by atoms with E-state index in [2.05, 4.69) is 24.4 Å². The predicted molar refractivity (Wildman–Crippen MR) is 134 cm³/mol. The van der Waals surface area contributed by atoms with Crippen LogP contribution >= 0.6 is 0 Å². The van der Waals surface area contributed by atoms with Gasteiger partial charge in [0.25, 0.3) is 0 Å². The first-order chi connectivity index (χ1) is 16.6. The van der Waals surface area contributed by atoms with Gasteiger partial charge in [0, 0.05) is 12.0 Å². The third-order valence-electron chi connectivity index (χ3n) is 5.69. The average molecular weight is 496 g/mol. The van der Waals surface area contributed by atoms with Gasteiger partial charge in [0.15, 0.2) is 0 Å². The van der Waals surface area contributed by atoms with Crippen molar-refractivity contribution in [1.29, 1.82) is 0 Å². The zero-order valence-electron chi connectivity index (χ0n) is 21.8. The number of amides is 1. The van der Waals surface area contributed by atoms with Crippen LogP contribution in [-0.2, 0) is 9.53 Å². The van der Waals surface area contributed by atoms with Crippen molar-refractivity contribution in [3.05, 3.63) is 47.5 Å². The number of ether oxygens (including phenoxy) is 1. The van der Waals surface area contributed by atoms with Gasteiger partial charge < -0.3 is 20.0 Å². The van der Waals surface area contributed by atoms with E-state index in [9.17, 15) is 19.5 Å². The second kappa shape index (κ2) is 22.8. The van der Waals surface area contributed by atoms with Crippen molar-refractivity contribution in [1.82, 2.24) is 5.32 Å². The number of aromatic carboxylic acids is 1. The van der Waals surface area contributed by atoms with Crippen molar-refractivity contribution in [2.24, 2.45) is 0 Å². The maximum Gasteiger partial charge on any atom is 1.00 e. The van der Waals surface area contributed by atoms with Gasteiger partial charge in [0.2, 0.25) is 5.91 Å². The Kier molecular flexibility index (Phi) is 21.7. The van der Waals surface area contributed by atoms with Crippen LogP contribution in [0.3, 0.4) is 0 Å². The van der Waals surface area contributed by atoms with Gasteiger partial charge in [-0.1, -0.05) is 88.6 Å². The molecule has 0 aromatic heterocycles. The SMILES string of the molecule is CCCCCCCCC=CCCCCCCCC(=O)NCCOC(=O)c1ccccc1C(=O)[O-].[Na+]. The molecule has 0 bridgehead atoms. The molecule has 1 aromatic carbocycles. The Bertz CT molecular complexity index is 751. The van der Waals surface area contributed by atoms with E-state index in [1.165, 1.54) is 76.0 Å². The minimum absolute atomic E-state index is 0. The van der Waals surface area contributed by atoms with Crippen LogP contribution in [0.5, 0.6) is 0 Å². The Morgan fingerprint density at radius 3 is 1.97 bits per heavy atom. The number of rotatable bonds is 20. The third-order valence-corrected chi connectivity index (χ3v) is 5.69. The zero-order valence-corrected chi connectivity index (χ0v) is 23.8. The van der Waals surface area contributed by atoms with E-state index in [1.807, 2.05) is 0 Å². The topological polar surface area (TPSA) is 95.5 Å². The monoisotopic (exact) mass is 495 g/mol. The Hall–Kier alpha value is -1.63. The summed E-state index contributed by atoms with van der Waals surface area (Å²) in [7, 11) is 0. The first kappa shape index (κ1) is 33.4. The minimum Gasteiger partial charge on any atom is -0.545 e. The first-order valence-corrected chi connectivity index (χ1v) is 13.0. The van der Waals surface area contributed by atoms with Gasteiger partial charge in [-0.2, -0.15) is 0 Å². The number of carboxylic acid groups (broad SMARTS) is 1. The van der Waals surface area contributed by atoms with E-state index < -0.39 is 11.9 Å². The Balaban J connectivity index is 0.0000116. The van der Waals surface area contributed by atoms with Crippen LogP contribution in [0.15, 0.2) is 36.4 Å². The molecule has 0 atom stereocenters. The summed E-state index contributed by atoms with van der Waals surface area (Å²) < 4.78 is 5.05. The summed E-state index contributed by atoms with van der Waals surface area (Å²) in [5.41, 5.74) is -0.261. The average Bonchev–Trinajstić information content (AvgIpc) is 2.84. The van der Waals surface area contributed by atoms with E-state index in [4.69, 9.17) is 4.74 Å². The van der Waals surface area contributed by atoms with E-state index >= 15 is 0 Å². The largest absolute Gasteiger partial charge is 1.00 e. The van der Waals surface area contributed by atoms with E-state index in [0.717, 1.165) is 25.7 Å². The van der Waals surface area contributed by atoms with Gasteiger partial charge in [-0.15, -0.1) is 0 Å². The molecule has 35 heavy (non-hydrogen) atoms. The first-order valence-electron chi connectivity index (χ1n) is 13.0. The molecule has 1 amide bonds. The normalized spacial score (nSPS) is 10.7. The fourth-order valence-electron chi connectivity index (χ4n) is 3.70. The Morgan fingerprint density at radius 2 is 1.37 bits per heavy atom. The number of allylic oxidation sites excluding steroid dienone is 2. The van der Waals surface area contributed by atoms with Gasteiger partial charge in [0.05, 0.1) is 18.1 Å². The van der Waals surface area contributed by atoms with Gasteiger partial charge in [-0.05, 0) is 38.2 Å². The summed E-state index contributed by atoms with van der Waals surface area (Å²) >= 11 is 0. The summed E-state index contributed by atoms with van der Waals surface area (Å²) in [6, 6.07) is 5.73. The molecule has 1 rings (SSSR count). The van der Waals surface area contributed by atoms with Crippen molar-refractivity contribution >= 4 is 17.8 Å². The van der Waals surface area contributed by atoms with Crippen molar-refractivity contribution in [2.45, 2.75) is 96.8 Å². The number of unbranched alkanes of at least 4 members (excludes halogenated alkanes) is 11. The molecule has 0 unspecified atom stereocenters. The number of carbonyl (C=O) groups is 3. The van der Waals surface area contributed by atoms with Crippen LogP contribution in [0.4, 0.5) is 0 Å². The molecule has 7 heteroatoms. The van der Waals surface area contributed by atoms with Crippen LogP contribution in [0.1, 0.15) is 118 Å². The van der Waals surface area contributed by atoms with E-state index in [0.29, 0.717) is 6.42 Å². The van der Waals surface area contributed by atoms with Crippen molar-refractivity contribution < 1.29 is 53.8 Å². The molecule has 0 heterocycles. The second-order valence-corrected chi connectivity index (χ2v) is 8.65. The number of carboxylic acids is 1. The molecule has 0 saturated heterocycles. The molecule has 0 fully saturated rings. The molecule has 0 aliphatic rings. The smallest absolute Gasteiger partial charge is 0.545 e. The zero-order chi connectivity index (χ0) is 24.9. The molecule has 6 nitrogen and oxygen atoms in total. The molecule has 0 spiro atoms. The molecule has 0 aliphatic carbocycles. The Morgan fingerprint density at radius 1 is 0.829 bits per heavy atom. The number of benzene rings is 1. The van der Waals surface area contributed by atoms with E-state index in [-0.39, 0.29) is 59.7 Å². The van der Waals surface area contributed by atoms with Gasteiger partial charge in [0.1, 0.15) is 6.61 Å². The van der Waals surface area contributed by atoms with Gasteiger partial charge in [-0.25, -0.2) is 4.79 Å². The molecule has 0 saturated carbocycles. The maximum absolute atomic E-state index is 12.0. The Labute approximate surface area is 233 Å². The van der Waals surface area contributed by atoms with E-state index in [1.54, 1.807) is 6.07 Å². The second-order valence-electron chi connectivity index (χ2n) is 8.65. The molecule has 0 radical (unpaired) electrons. The molecular weight excluding hydrogens is 453 g/mol.